The molecule has 0 N–H and O–H groups in total. The van der Waals surface area contributed by atoms with E-state index in [4.69, 9.17) is 6.42 Å². The molecule has 1 rings (SSSR count). The number of carbonyl (C=O) groups is 2. The van der Waals surface area contributed by atoms with Crippen LogP contribution in [0.3, 0.4) is 0 Å². The highest BCUT2D eigenvalue weighted by atomic mass is 16.1. The number of allylic oxidation sites excluding steroid dienone is 20. The summed E-state index contributed by atoms with van der Waals surface area (Å²) in [7, 11) is 0. The van der Waals surface area contributed by atoms with Gasteiger partial charge < -0.3 is 0 Å². The average Bonchev–Trinajstić information content (AvgIpc) is 3.03. The standard InChI is InChI=1S/C47H66O2/c1-11-12-13-32-44-35-46(48)45(43(10)47(44)49)34-33-42(9)31-19-30-41(8)29-18-28-40(7)27-17-26-39(6)25-16-24-38(5)23-15-22-37(4)21-14-20-36(2)3/h1,12-13,20,22,24,26,28,30,32-33H,14-19,21,23,25,27,29,31,34-35H2,2-10H3/b13-12-,37-22+,38-24+,39-26+,40-28+,41-30+,42-33+,44-32+. The molecule has 1 aliphatic carbocycles. The highest BCUT2D eigenvalue weighted by molar-refractivity contribution is 6.20. The Kier molecular flexibility index (Phi) is 22.4. The fourth-order valence-electron chi connectivity index (χ4n) is 5.78. The summed E-state index contributed by atoms with van der Waals surface area (Å²) in [6.07, 6.45) is 40.5. The minimum Gasteiger partial charge on any atom is -0.294 e. The number of rotatable bonds is 21. The molecule has 0 unspecified atom stereocenters. The van der Waals surface area contributed by atoms with Gasteiger partial charge in [0, 0.05) is 23.1 Å². The molecule has 2 nitrogen and oxygen atoms in total. The predicted molar refractivity (Wildman–Crippen MR) is 215 cm³/mol. The molecule has 0 bridgehead atoms. The molecule has 1 aliphatic rings. The van der Waals surface area contributed by atoms with Gasteiger partial charge in [-0.05, 0) is 152 Å². The lowest BCUT2D eigenvalue weighted by Crippen LogP contribution is -2.20. The summed E-state index contributed by atoms with van der Waals surface area (Å²) in [5, 5.41) is 0. The van der Waals surface area contributed by atoms with Crippen molar-refractivity contribution in [2.45, 2.75) is 152 Å². The van der Waals surface area contributed by atoms with Gasteiger partial charge >= 0.3 is 0 Å². The van der Waals surface area contributed by atoms with E-state index in [0.29, 0.717) is 23.1 Å². The van der Waals surface area contributed by atoms with Gasteiger partial charge in [0.25, 0.3) is 0 Å². The first kappa shape index (κ1) is 43.3. The summed E-state index contributed by atoms with van der Waals surface area (Å²) in [5.74, 6) is 2.37. The van der Waals surface area contributed by atoms with Crippen molar-refractivity contribution in [3.05, 3.63) is 116 Å². The Morgan fingerprint density at radius 3 is 1.33 bits per heavy atom. The van der Waals surface area contributed by atoms with Crippen LogP contribution in [0.2, 0.25) is 0 Å². The Hall–Kier alpha value is -3.70. The van der Waals surface area contributed by atoms with Crippen LogP contribution in [0.15, 0.2) is 116 Å². The lowest BCUT2D eigenvalue weighted by molar-refractivity contribution is -0.119. The monoisotopic (exact) mass is 663 g/mol. The van der Waals surface area contributed by atoms with Crippen LogP contribution in [-0.2, 0) is 9.59 Å². The third-order valence-corrected chi connectivity index (χ3v) is 9.17. The molecule has 0 radical (unpaired) electrons. The van der Waals surface area contributed by atoms with Crippen molar-refractivity contribution in [2.75, 3.05) is 0 Å². The van der Waals surface area contributed by atoms with Gasteiger partial charge in [0.1, 0.15) is 0 Å². The largest absolute Gasteiger partial charge is 0.294 e. The minimum absolute atomic E-state index is 0.0285. The maximum absolute atomic E-state index is 12.7. The molecule has 2 heteroatoms. The normalized spacial score (nSPS) is 16.7. The second-order valence-corrected chi connectivity index (χ2v) is 14.3. The van der Waals surface area contributed by atoms with Gasteiger partial charge in [-0.15, -0.1) is 6.42 Å². The number of terminal acetylenes is 1. The van der Waals surface area contributed by atoms with Gasteiger partial charge in [0.05, 0.1) is 0 Å². The van der Waals surface area contributed by atoms with E-state index in [1.54, 1.807) is 19.1 Å². The van der Waals surface area contributed by atoms with Crippen molar-refractivity contribution in [1.82, 2.24) is 0 Å². The Morgan fingerprint density at radius 1 is 0.592 bits per heavy atom. The van der Waals surface area contributed by atoms with E-state index >= 15 is 0 Å². The van der Waals surface area contributed by atoms with Gasteiger partial charge in [-0.3, -0.25) is 9.59 Å². The van der Waals surface area contributed by atoms with Crippen LogP contribution < -0.4 is 0 Å². The van der Waals surface area contributed by atoms with Crippen LogP contribution in [0.4, 0.5) is 0 Å². The number of hydrogen-bond donors (Lipinski definition) is 0. The first-order chi connectivity index (χ1) is 23.3. The van der Waals surface area contributed by atoms with Crippen LogP contribution in [-0.4, -0.2) is 11.6 Å². The Labute approximate surface area is 301 Å². The van der Waals surface area contributed by atoms with E-state index in [2.05, 4.69) is 104 Å². The summed E-state index contributed by atoms with van der Waals surface area (Å²) >= 11 is 0. The van der Waals surface area contributed by atoms with Crippen molar-refractivity contribution >= 4 is 11.6 Å². The van der Waals surface area contributed by atoms with Crippen LogP contribution in [0.5, 0.6) is 0 Å². The van der Waals surface area contributed by atoms with Gasteiger partial charge in [0.2, 0.25) is 0 Å². The van der Waals surface area contributed by atoms with Crippen molar-refractivity contribution in [1.29, 1.82) is 0 Å². The lowest BCUT2D eigenvalue weighted by atomic mass is 9.84. The molecular weight excluding hydrogens is 597 g/mol. The molecule has 0 saturated carbocycles. The summed E-state index contributed by atoms with van der Waals surface area (Å²) in [6.45, 7) is 19.5. The summed E-state index contributed by atoms with van der Waals surface area (Å²) in [6, 6.07) is 0. The summed E-state index contributed by atoms with van der Waals surface area (Å²) < 4.78 is 0. The smallest absolute Gasteiger partial charge is 0.185 e. The SMILES string of the molecule is C#C/C=C\C=C1/CC(=O)C(C/C=C(\C)CC/C=C(\C)CC/C=C(\C)CC/C=C(\C)CC/C=C(\C)CC/C=C(\C)CCC=C(C)C)=C(C)C1=O. The van der Waals surface area contributed by atoms with Crippen molar-refractivity contribution < 1.29 is 9.59 Å². The predicted octanol–water partition coefficient (Wildman–Crippen LogP) is 13.7. The highest BCUT2D eigenvalue weighted by Crippen LogP contribution is 2.27. The molecule has 0 aromatic carbocycles. The van der Waals surface area contributed by atoms with Crippen molar-refractivity contribution in [3.8, 4) is 12.3 Å². The second-order valence-electron chi connectivity index (χ2n) is 14.3. The molecule has 0 spiro atoms. The first-order valence-electron chi connectivity index (χ1n) is 18.5. The van der Waals surface area contributed by atoms with Crippen LogP contribution in [0, 0.1) is 12.3 Å². The Morgan fingerprint density at radius 2 is 0.959 bits per heavy atom. The molecule has 0 amide bonds. The number of Topliss-reactive ketones (excluding diaryl/α,β-unsaturated/α-hetero) is 2. The molecule has 0 saturated heterocycles. The van der Waals surface area contributed by atoms with E-state index in [0.717, 1.165) is 70.6 Å². The van der Waals surface area contributed by atoms with Crippen LogP contribution in [0.1, 0.15) is 152 Å². The summed E-state index contributed by atoms with van der Waals surface area (Å²) in [5.41, 5.74) is 11.8. The van der Waals surface area contributed by atoms with E-state index in [9.17, 15) is 9.59 Å². The first-order valence-corrected chi connectivity index (χ1v) is 18.5. The van der Waals surface area contributed by atoms with Crippen LogP contribution >= 0.6 is 0 Å². The third kappa shape index (κ3) is 20.4. The summed E-state index contributed by atoms with van der Waals surface area (Å²) in [4.78, 5) is 25.4. The Balaban J connectivity index is 2.37. The number of carbonyl (C=O) groups excluding carboxylic acids is 2. The molecule has 266 valence electrons. The molecule has 49 heavy (non-hydrogen) atoms. The van der Waals surface area contributed by atoms with Crippen molar-refractivity contribution in [2.24, 2.45) is 0 Å². The molecular formula is C47H66O2. The highest BCUT2D eigenvalue weighted by Gasteiger charge is 2.26. The molecule has 0 heterocycles. The van der Waals surface area contributed by atoms with Gasteiger partial charge in [-0.1, -0.05) is 99.6 Å². The maximum atomic E-state index is 12.7. The van der Waals surface area contributed by atoms with Crippen LogP contribution in [0.25, 0.3) is 0 Å². The van der Waals surface area contributed by atoms with E-state index in [1.807, 2.05) is 0 Å². The van der Waals surface area contributed by atoms with Crippen molar-refractivity contribution in [3.63, 3.8) is 0 Å². The molecule has 0 fully saturated rings. The molecule has 0 aromatic rings. The van der Waals surface area contributed by atoms with Gasteiger partial charge in [-0.25, -0.2) is 0 Å². The Bertz CT molecular complexity index is 1460. The number of hydrogen-bond acceptors (Lipinski definition) is 2. The average molecular weight is 663 g/mol. The zero-order valence-electron chi connectivity index (χ0n) is 32.6. The van der Waals surface area contributed by atoms with E-state index in [1.165, 1.54) is 51.5 Å². The quantitative estimate of drug-likeness (QED) is 0.0696. The zero-order chi connectivity index (χ0) is 36.6. The van der Waals surface area contributed by atoms with E-state index < -0.39 is 0 Å². The third-order valence-electron chi connectivity index (χ3n) is 9.17. The topological polar surface area (TPSA) is 34.1 Å². The fraction of sp³-hybridized carbons (Fsp3) is 0.489. The molecule has 0 aromatic heterocycles. The van der Waals surface area contributed by atoms with Gasteiger partial charge in [0.15, 0.2) is 11.6 Å². The minimum atomic E-state index is -0.0542. The number of ketones is 2. The van der Waals surface area contributed by atoms with Gasteiger partial charge in [-0.2, -0.15) is 0 Å². The fourth-order valence-corrected chi connectivity index (χ4v) is 5.78. The lowest BCUT2D eigenvalue weighted by Gasteiger charge is -2.17. The second kappa shape index (κ2) is 25.3. The zero-order valence-corrected chi connectivity index (χ0v) is 32.6. The van der Waals surface area contributed by atoms with E-state index in [-0.39, 0.29) is 18.0 Å². The molecule has 0 aliphatic heterocycles. The maximum Gasteiger partial charge on any atom is 0.185 e. The molecule has 0 atom stereocenters.